The van der Waals surface area contributed by atoms with Gasteiger partial charge in [0, 0.05) is 23.5 Å². The Balaban J connectivity index is 1.97. The molecule has 21 heavy (non-hydrogen) atoms. The van der Waals surface area contributed by atoms with Crippen molar-refractivity contribution in [2.45, 2.75) is 6.92 Å². The van der Waals surface area contributed by atoms with E-state index in [0.717, 1.165) is 16.6 Å². The number of anilines is 1. The van der Waals surface area contributed by atoms with Gasteiger partial charge < -0.3 is 5.32 Å². The van der Waals surface area contributed by atoms with Gasteiger partial charge in [-0.2, -0.15) is 0 Å². The van der Waals surface area contributed by atoms with Crippen LogP contribution in [0.5, 0.6) is 0 Å². The van der Waals surface area contributed by atoms with E-state index in [1.807, 2.05) is 37.3 Å². The van der Waals surface area contributed by atoms with Gasteiger partial charge in [-0.15, -0.1) is 0 Å². The summed E-state index contributed by atoms with van der Waals surface area (Å²) in [4.78, 5) is 20.7. The van der Waals surface area contributed by atoms with E-state index >= 15 is 0 Å². The highest BCUT2D eigenvalue weighted by atomic mass is 35.5. The van der Waals surface area contributed by atoms with Gasteiger partial charge >= 0.3 is 0 Å². The van der Waals surface area contributed by atoms with Crippen LogP contribution in [0, 0.1) is 6.92 Å². The van der Waals surface area contributed by atoms with E-state index in [0.29, 0.717) is 16.3 Å². The number of aromatic nitrogens is 2. The van der Waals surface area contributed by atoms with Gasteiger partial charge in [0.15, 0.2) is 0 Å². The minimum atomic E-state index is -0.300. The first-order chi connectivity index (χ1) is 10.1. The summed E-state index contributed by atoms with van der Waals surface area (Å²) in [5.41, 5.74) is 2.50. The van der Waals surface area contributed by atoms with Crippen LogP contribution in [0.3, 0.4) is 0 Å². The van der Waals surface area contributed by atoms with Crippen molar-refractivity contribution in [1.82, 2.24) is 9.97 Å². The van der Waals surface area contributed by atoms with Crippen molar-refractivity contribution in [2.75, 3.05) is 5.32 Å². The zero-order valence-electron chi connectivity index (χ0n) is 11.3. The second-order valence-corrected chi connectivity index (χ2v) is 5.05. The van der Waals surface area contributed by atoms with Crippen molar-refractivity contribution in [2.24, 2.45) is 0 Å². The van der Waals surface area contributed by atoms with Crippen LogP contribution in [0.15, 0.2) is 48.8 Å². The van der Waals surface area contributed by atoms with Crippen LogP contribution in [0.25, 0.3) is 10.9 Å². The maximum Gasteiger partial charge on any atom is 0.258 e. The van der Waals surface area contributed by atoms with E-state index in [1.54, 1.807) is 12.3 Å². The number of hydrogen-bond donors (Lipinski definition) is 1. The molecule has 1 N–H and O–H groups in total. The number of benzene rings is 1. The SMILES string of the molecule is Cc1cc(Cl)c(C(=O)Nc2cccc3cccnc23)cn1. The first-order valence-corrected chi connectivity index (χ1v) is 6.80. The van der Waals surface area contributed by atoms with E-state index in [9.17, 15) is 4.79 Å². The van der Waals surface area contributed by atoms with Crippen molar-refractivity contribution in [3.63, 3.8) is 0 Å². The molecule has 0 saturated carbocycles. The molecule has 4 nitrogen and oxygen atoms in total. The number of nitrogens with zero attached hydrogens (tertiary/aromatic N) is 2. The minimum Gasteiger partial charge on any atom is -0.320 e. The van der Waals surface area contributed by atoms with Gasteiger partial charge in [-0.05, 0) is 25.1 Å². The van der Waals surface area contributed by atoms with Crippen LogP contribution in [0.1, 0.15) is 16.1 Å². The van der Waals surface area contributed by atoms with E-state index in [-0.39, 0.29) is 5.91 Å². The number of halogens is 1. The number of aryl methyl sites for hydroxylation is 1. The number of carbonyl (C=O) groups is 1. The third-order valence-corrected chi connectivity index (χ3v) is 3.43. The summed E-state index contributed by atoms with van der Waals surface area (Å²) >= 11 is 6.09. The zero-order valence-corrected chi connectivity index (χ0v) is 12.1. The normalized spacial score (nSPS) is 10.6. The van der Waals surface area contributed by atoms with Crippen LogP contribution < -0.4 is 5.32 Å². The van der Waals surface area contributed by atoms with Crippen molar-refractivity contribution >= 4 is 34.1 Å². The second kappa shape index (κ2) is 5.50. The molecule has 0 radical (unpaired) electrons. The summed E-state index contributed by atoms with van der Waals surface area (Å²) in [6.45, 7) is 1.82. The fourth-order valence-corrected chi connectivity index (χ4v) is 2.38. The Morgan fingerprint density at radius 1 is 1.19 bits per heavy atom. The Labute approximate surface area is 126 Å². The maximum atomic E-state index is 12.3. The quantitative estimate of drug-likeness (QED) is 0.782. The molecule has 2 aromatic heterocycles. The molecule has 2 heterocycles. The molecule has 0 aliphatic heterocycles. The lowest BCUT2D eigenvalue weighted by Crippen LogP contribution is -2.13. The van der Waals surface area contributed by atoms with Gasteiger partial charge in [0.1, 0.15) is 0 Å². The molecule has 0 aliphatic rings. The molecule has 0 saturated heterocycles. The Kier molecular flexibility index (Phi) is 3.54. The summed E-state index contributed by atoms with van der Waals surface area (Å²) < 4.78 is 0. The Morgan fingerprint density at radius 3 is 2.81 bits per heavy atom. The first kappa shape index (κ1) is 13.5. The highest BCUT2D eigenvalue weighted by Crippen LogP contribution is 2.23. The molecular weight excluding hydrogens is 286 g/mol. The van der Waals surface area contributed by atoms with Gasteiger partial charge in [0.25, 0.3) is 5.91 Å². The second-order valence-electron chi connectivity index (χ2n) is 4.64. The minimum absolute atomic E-state index is 0.300. The molecule has 0 atom stereocenters. The lowest BCUT2D eigenvalue weighted by atomic mass is 10.2. The zero-order chi connectivity index (χ0) is 14.8. The Hall–Kier alpha value is -2.46. The number of nitrogens with one attached hydrogen (secondary N) is 1. The van der Waals surface area contributed by atoms with Gasteiger partial charge in [0.05, 0.1) is 21.8 Å². The fraction of sp³-hybridized carbons (Fsp3) is 0.0625. The molecule has 5 heteroatoms. The molecule has 1 amide bonds. The highest BCUT2D eigenvalue weighted by Gasteiger charge is 2.13. The lowest BCUT2D eigenvalue weighted by molar-refractivity contribution is 0.102. The number of carbonyl (C=O) groups excluding carboxylic acids is 1. The van der Waals surface area contributed by atoms with Crippen LogP contribution in [0.4, 0.5) is 5.69 Å². The molecule has 104 valence electrons. The standard InChI is InChI=1S/C16H12ClN3O/c1-10-8-13(17)12(9-19-10)16(21)20-14-6-2-4-11-5-3-7-18-15(11)14/h2-9H,1H3,(H,20,21). The van der Waals surface area contributed by atoms with E-state index in [4.69, 9.17) is 11.6 Å². The molecule has 3 rings (SSSR count). The summed E-state index contributed by atoms with van der Waals surface area (Å²) in [7, 11) is 0. The summed E-state index contributed by atoms with van der Waals surface area (Å²) in [5, 5.41) is 4.18. The molecule has 0 unspecified atom stereocenters. The monoisotopic (exact) mass is 297 g/mol. The third-order valence-electron chi connectivity index (χ3n) is 3.12. The van der Waals surface area contributed by atoms with Crippen LogP contribution in [-0.2, 0) is 0 Å². The van der Waals surface area contributed by atoms with Crippen molar-refractivity contribution < 1.29 is 4.79 Å². The molecule has 0 spiro atoms. The van der Waals surface area contributed by atoms with Crippen LogP contribution in [0.2, 0.25) is 5.02 Å². The molecule has 0 fully saturated rings. The van der Waals surface area contributed by atoms with E-state index in [2.05, 4.69) is 15.3 Å². The third kappa shape index (κ3) is 2.71. The molecular formula is C16H12ClN3O. The van der Waals surface area contributed by atoms with E-state index in [1.165, 1.54) is 6.20 Å². The van der Waals surface area contributed by atoms with Crippen molar-refractivity contribution in [3.8, 4) is 0 Å². The topological polar surface area (TPSA) is 54.9 Å². The molecule has 0 aliphatic carbocycles. The number of rotatable bonds is 2. The summed E-state index contributed by atoms with van der Waals surface area (Å²) in [6.07, 6.45) is 3.17. The summed E-state index contributed by atoms with van der Waals surface area (Å²) in [5.74, 6) is -0.300. The predicted molar refractivity (Wildman–Crippen MR) is 83.7 cm³/mol. The largest absolute Gasteiger partial charge is 0.320 e. The lowest BCUT2D eigenvalue weighted by Gasteiger charge is -2.09. The average Bonchev–Trinajstić information content (AvgIpc) is 2.47. The first-order valence-electron chi connectivity index (χ1n) is 6.42. The van der Waals surface area contributed by atoms with Crippen LogP contribution in [-0.4, -0.2) is 15.9 Å². The average molecular weight is 298 g/mol. The van der Waals surface area contributed by atoms with Crippen molar-refractivity contribution in [1.29, 1.82) is 0 Å². The van der Waals surface area contributed by atoms with E-state index < -0.39 is 0 Å². The Bertz CT molecular complexity index is 827. The Morgan fingerprint density at radius 2 is 2.00 bits per heavy atom. The van der Waals surface area contributed by atoms with Crippen LogP contribution >= 0.6 is 11.6 Å². The van der Waals surface area contributed by atoms with Gasteiger partial charge in [-0.25, -0.2) is 0 Å². The number of hydrogen-bond acceptors (Lipinski definition) is 3. The van der Waals surface area contributed by atoms with Gasteiger partial charge in [-0.3, -0.25) is 14.8 Å². The number of para-hydroxylation sites is 1. The van der Waals surface area contributed by atoms with Crippen molar-refractivity contribution in [3.05, 3.63) is 65.1 Å². The number of pyridine rings is 2. The molecule has 0 bridgehead atoms. The van der Waals surface area contributed by atoms with Gasteiger partial charge in [0.2, 0.25) is 0 Å². The van der Waals surface area contributed by atoms with Gasteiger partial charge in [-0.1, -0.05) is 29.8 Å². The maximum absolute atomic E-state index is 12.3. The molecule has 1 aromatic carbocycles. The fourth-order valence-electron chi connectivity index (χ4n) is 2.09. The number of amides is 1. The summed E-state index contributed by atoms with van der Waals surface area (Å²) in [6, 6.07) is 11.1. The predicted octanol–water partition coefficient (Wildman–Crippen LogP) is 3.84. The number of fused-ring (bicyclic) bond motifs is 1. The highest BCUT2D eigenvalue weighted by molar-refractivity contribution is 6.34. The molecule has 3 aromatic rings. The smallest absolute Gasteiger partial charge is 0.258 e.